The number of benzene rings is 2. The second-order valence-corrected chi connectivity index (χ2v) is 6.52. The van der Waals surface area contributed by atoms with Crippen molar-refractivity contribution in [3.63, 3.8) is 0 Å². The van der Waals surface area contributed by atoms with Crippen molar-refractivity contribution in [1.82, 2.24) is 4.90 Å². The van der Waals surface area contributed by atoms with Crippen LogP contribution in [0.5, 0.6) is 0 Å². The number of aryl methyl sites for hydroxylation is 1. The molecule has 0 radical (unpaired) electrons. The SMILES string of the molecule is CCc1ccc(NC(=O)C[C@H]2CN(Cc3ccccc3)CCO2)cc1. The number of carbonyl (C=O) groups excluding carboxylic acids is 1. The molecule has 1 saturated heterocycles. The zero-order chi connectivity index (χ0) is 17.5. The summed E-state index contributed by atoms with van der Waals surface area (Å²) in [7, 11) is 0. The van der Waals surface area contributed by atoms with Crippen molar-refractivity contribution < 1.29 is 9.53 Å². The van der Waals surface area contributed by atoms with E-state index >= 15 is 0 Å². The minimum Gasteiger partial charge on any atom is -0.375 e. The molecule has 1 heterocycles. The van der Waals surface area contributed by atoms with Gasteiger partial charge in [0.15, 0.2) is 0 Å². The average Bonchev–Trinajstić information content (AvgIpc) is 2.63. The predicted molar refractivity (Wildman–Crippen MR) is 101 cm³/mol. The summed E-state index contributed by atoms with van der Waals surface area (Å²) in [6.07, 6.45) is 1.34. The summed E-state index contributed by atoms with van der Waals surface area (Å²) in [4.78, 5) is 14.6. The maximum atomic E-state index is 12.3. The normalized spacial score (nSPS) is 18.0. The molecule has 1 amide bonds. The van der Waals surface area contributed by atoms with Gasteiger partial charge in [0, 0.05) is 25.3 Å². The first-order valence-corrected chi connectivity index (χ1v) is 8.99. The third-order valence-electron chi connectivity index (χ3n) is 4.53. The van der Waals surface area contributed by atoms with Crippen LogP contribution in [0.15, 0.2) is 54.6 Å². The fraction of sp³-hybridized carbons (Fsp3) is 0.381. The Bertz CT molecular complexity index is 670. The summed E-state index contributed by atoms with van der Waals surface area (Å²) in [5, 5.41) is 2.97. The highest BCUT2D eigenvalue weighted by Gasteiger charge is 2.23. The quantitative estimate of drug-likeness (QED) is 0.877. The summed E-state index contributed by atoms with van der Waals surface area (Å²) >= 11 is 0. The Hall–Kier alpha value is -2.17. The zero-order valence-corrected chi connectivity index (χ0v) is 14.8. The molecule has 1 atom stereocenters. The van der Waals surface area contributed by atoms with E-state index in [0.717, 1.165) is 31.7 Å². The van der Waals surface area contributed by atoms with E-state index in [9.17, 15) is 4.79 Å². The fourth-order valence-electron chi connectivity index (χ4n) is 3.13. The Balaban J connectivity index is 1.48. The van der Waals surface area contributed by atoms with Crippen LogP contribution in [0.3, 0.4) is 0 Å². The van der Waals surface area contributed by atoms with Crippen LogP contribution in [0.4, 0.5) is 5.69 Å². The van der Waals surface area contributed by atoms with Crippen LogP contribution in [0.1, 0.15) is 24.5 Å². The van der Waals surface area contributed by atoms with Gasteiger partial charge in [-0.05, 0) is 29.7 Å². The van der Waals surface area contributed by atoms with Crippen LogP contribution in [-0.4, -0.2) is 36.6 Å². The Kier molecular flexibility index (Phi) is 6.20. The number of nitrogens with zero attached hydrogens (tertiary/aromatic N) is 1. The van der Waals surface area contributed by atoms with Gasteiger partial charge in [-0.3, -0.25) is 9.69 Å². The van der Waals surface area contributed by atoms with Gasteiger partial charge in [-0.15, -0.1) is 0 Å². The molecule has 0 aliphatic carbocycles. The van der Waals surface area contributed by atoms with Gasteiger partial charge in [-0.2, -0.15) is 0 Å². The molecule has 1 fully saturated rings. The highest BCUT2D eigenvalue weighted by Crippen LogP contribution is 2.15. The molecule has 0 spiro atoms. The van der Waals surface area contributed by atoms with E-state index in [1.165, 1.54) is 11.1 Å². The maximum Gasteiger partial charge on any atom is 0.227 e. The predicted octanol–water partition coefficient (Wildman–Crippen LogP) is 3.48. The number of ether oxygens (including phenoxy) is 1. The molecule has 3 rings (SSSR count). The molecule has 0 unspecified atom stereocenters. The van der Waals surface area contributed by atoms with Crippen LogP contribution in [0, 0.1) is 0 Å². The number of hydrogen-bond donors (Lipinski definition) is 1. The van der Waals surface area contributed by atoms with Gasteiger partial charge in [-0.25, -0.2) is 0 Å². The largest absolute Gasteiger partial charge is 0.375 e. The summed E-state index contributed by atoms with van der Waals surface area (Å²) < 4.78 is 5.79. The highest BCUT2D eigenvalue weighted by atomic mass is 16.5. The van der Waals surface area contributed by atoms with E-state index in [4.69, 9.17) is 4.74 Å². The first kappa shape index (κ1) is 17.6. The lowest BCUT2D eigenvalue weighted by atomic mass is 10.1. The van der Waals surface area contributed by atoms with Gasteiger partial charge in [0.1, 0.15) is 0 Å². The summed E-state index contributed by atoms with van der Waals surface area (Å²) in [6.45, 7) is 5.40. The molecule has 1 aliphatic rings. The highest BCUT2D eigenvalue weighted by molar-refractivity contribution is 5.91. The Labute approximate surface area is 149 Å². The summed E-state index contributed by atoms with van der Waals surface area (Å²) in [6, 6.07) is 18.4. The molecule has 1 N–H and O–H groups in total. The van der Waals surface area contributed by atoms with Crippen molar-refractivity contribution in [1.29, 1.82) is 0 Å². The molecule has 4 heteroatoms. The molecule has 25 heavy (non-hydrogen) atoms. The van der Waals surface area contributed by atoms with Crippen LogP contribution < -0.4 is 5.32 Å². The smallest absolute Gasteiger partial charge is 0.227 e. The standard InChI is InChI=1S/C21H26N2O2/c1-2-17-8-10-19(11-9-17)22-21(24)14-20-16-23(12-13-25-20)15-18-6-4-3-5-7-18/h3-11,20H,2,12-16H2,1H3,(H,22,24)/t20-/m0/s1. The fourth-order valence-corrected chi connectivity index (χ4v) is 3.13. The van der Waals surface area contributed by atoms with E-state index in [0.29, 0.717) is 13.0 Å². The van der Waals surface area contributed by atoms with Crippen molar-refractivity contribution >= 4 is 11.6 Å². The number of hydrogen-bond acceptors (Lipinski definition) is 3. The number of anilines is 1. The molecule has 0 aromatic heterocycles. The molecule has 1 aliphatic heterocycles. The second-order valence-electron chi connectivity index (χ2n) is 6.52. The lowest BCUT2D eigenvalue weighted by molar-refractivity contribution is -0.121. The molecule has 0 bridgehead atoms. The molecular weight excluding hydrogens is 312 g/mol. The van der Waals surface area contributed by atoms with Crippen molar-refractivity contribution in [3.8, 4) is 0 Å². The monoisotopic (exact) mass is 338 g/mol. The van der Waals surface area contributed by atoms with Crippen molar-refractivity contribution in [2.45, 2.75) is 32.4 Å². The molecule has 132 valence electrons. The van der Waals surface area contributed by atoms with Crippen LogP contribution in [-0.2, 0) is 22.5 Å². The average molecular weight is 338 g/mol. The van der Waals surface area contributed by atoms with Crippen molar-refractivity contribution in [3.05, 3.63) is 65.7 Å². The number of rotatable bonds is 6. The molecule has 2 aromatic carbocycles. The molecular formula is C21H26N2O2. The molecule has 2 aromatic rings. The first-order chi connectivity index (χ1) is 12.2. The van der Waals surface area contributed by atoms with E-state index in [1.807, 2.05) is 30.3 Å². The Morgan fingerprint density at radius 2 is 1.88 bits per heavy atom. The van der Waals surface area contributed by atoms with Crippen LogP contribution in [0.25, 0.3) is 0 Å². The van der Waals surface area contributed by atoms with E-state index in [1.54, 1.807) is 0 Å². The third-order valence-corrected chi connectivity index (χ3v) is 4.53. The maximum absolute atomic E-state index is 12.3. The van der Waals surface area contributed by atoms with Gasteiger partial charge < -0.3 is 10.1 Å². The van der Waals surface area contributed by atoms with E-state index < -0.39 is 0 Å². The Morgan fingerprint density at radius 1 is 1.12 bits per heavy atom. The summed E-state index contributed by atoms with van der Waals surface area (Å²) in [5.41, 5.74) is 3.41. The second kappa shape index (κ2) is 8.79. The van der Waals surface area contributed by atoms with Gasteiger partial charge in [0.2, 0.25) is 5.91 Å². The van der Waals surface area contributed by atoms with E-state index in [-0.39, 0.29) is 12.0 Å². The minimum absolute atomic E-state index is 0.0100. The summed E-state index contributed by atoms with van der Waals surface area (Å²) in [5.74, 6) is 0.0100. The minimum atomic E-state index is -0.0487. The lowest BCUT2D eigenvalue weighted by Crippen LogP contribution is -2.43. The lowest BCUT2D eigenvalue weighted by Gasteiger charge is -2.32. The van der Waals surface area contributed by atoms with Crippen LogP contribution in [0.2, 0.25) is 0 Å². The third kappa shape index (κ3) is 5.41. The Morgan fingerprint density at radius 3 is 2.60 bits per heavy atom. The van der Waals surface area contributed by atoms with Crippen LogP contribution >= 0.6 is 0 Å². The van der Waals surface area contributed by atoms with Crippen molar-refractivity contribution in [2.24, 2.45) is 0 Å². The molecule has 4 nitrogen and oxygen atoms in total. The first-order valence-electron chi connectivity index (χ1n) is 8.99. The van der Waals surface area contributed by atoms with Crippen molar-refractivity contribution in [2.75, 3.05) is 25.0 Å². The van der Waals surface area contributed by atoms with Gasteiger partial charge >= 0.3 is 0 Å². The topological polar surface area (TPSA) is 41.6 Å². The van der Waals surface area contributed by atoms with Gasteiger partial charge in [0.25, 0.3) is 0 Å². The van der Waals surface area contributed by atoms with Gasteiger partial charge in [0.05, 0.1) is 19.1 Å². The van der Waals surface area contributed by atoms with Gasteiger partial charge in [-0.1, -0.05) is 49.4 Å². The number of amides is 1. The number of nitrogens with one attached hydrogen (secondary N) is 1. The number of carbonyl (C=O) groups is 1. The van der Waals surface area contributed by atoms with E-state index in [2.05, 4.69) is 41.4 Å². The zero-order valence-electron chi connectivity index (χ0n) is 14.8. The molecule has 0 saturated carbocycles. The number of morpholine rings is 1.